The molecular weight excluding hydrogens is 260 g/mol. The average Bonchev–Trinajstić information content (AvgIpc) is 2.78. The Labute approximate surface area is 117 Å². The first kappa shape index (κ1) is 13.9. The molecule has 0 aromatic rings. The Morgan fingerprint density at radius 1 is 1.11 bits per heavy atom. The van der Waals surface area contributed by atoms with Gasteiger partial charge in [0.15, 0.2) is 0 Å². The van der Waals surface area contributed by atoms with Crippen molar-refractivity contribution in [3.8, 4) is 0 Å². The topological polar surface area (TPSA) is 43.4 Å². The maximum atomic E-state index is 11.7. The molecule has 3 aliphatic rings. The predicted octanol–water partition coefficient (Wildman–Crippen LogP) is 3.35. The van der Waals surface area contributed by atoms with Crippen LogP contribution in [0.3, 0.4) is 0 Å². The molecule has 0 bridgehead atoms. The van der Waals surface area contributed by atoms with Crippen LogP contribution in [0.2, 0.25) is 0 Å². The van der Waals surface area contributed by atoms with Gasteiger partial charge in [-0.15, -0.1) is 0 Å². The van der Waals surface area contributed by atoms with Crippen LogP contribution in [0.4, 0.5) is 0 Å². The van der Waals surface area contributed by atoms with Crippen molar-refractivity contribution in [1.29, 1.82) is 0 Å². The van der Waals surface area contributed by atoms with Gasteiger partial charge in [-0.3, -0.25) is 4.18 Å². The van der Waals surface area contributed by atoms with Crippen molar-refractivity contribution >= 4 is 10.1 Å². The lowest BCUT2D eigenvalue weighted by Crippen LogP contribution is -2.45. The summed E-state index contributed by atoms with van der Waals surface area (Å²) in [7, 11) is -3.39. The summed E-state index contributed by atoms with van der Waals surface area (Å²) in [5.41, 5.74) is 0.341. The Kier molecular flexibility index (Phi) is 2.74. The molecular formula is C15H26O3S. The van der Waals surface area contributed by atoms with Crippen molar-refractivity contribution < 1.29 is 12.6 Å². The van der Waals surface area contributed by atoms with Gasteiger partial charge in [0, 0.05) is 5.41 Å². The summed E-state index contributed by atoms with van der Waals surface area (Å²) in [4.78, 5) is 0. The highest BCUT2D eigenvalue weighted by Crippen LogP contribution is 2.75. The maximum Gasteiger partial charge on any atom is 0.264 e. The molecule has 0 aliphatic heterocycles. The third-order valence-electron chi connectivity index (χ3n) is 6.33. The Bertz CT molecular complexity index is 496. The summed E-state index contributed by atoms with van der Waals surface area (Å²) >= 11 is 0. The molecule has 0 N–H and O–H groups in total. The predicted molar refractivity (Wildman–Crippen MR) is 75.2 cm³/mol. The third-order valence-corrected chi connectivity index (χ3v) is 6.88. The molecule has 1 spiro atoms. The van der Waals surface area contributed by atoms with E-state index in [4.69, 9.17) is 4.18 Å². The van der Waals surface area contributed by atoms with E-state index >= 15 is 0 Å². The standard InChI is InChI=1S/C15H26O3S/c1-13(2)10-14(3)9-7-11-6-5-8-15(11,14)12(13)18-19(4,16)17/h11-12H,5-10H2,1-4H3/t11?,12-,14-,15+/m0/s1. The fraction of sp³-hybridized carbons (Fsp3) is 1.00. The molecule has 3 nitrogen and oxygen atoms in total. The zero-order chi connectivity index (χ0) is 14.1. The van der Waals surface area contributed by atoms with Gasteiger partial charge in [-0.2, -0.15) is 8.42 Å². The van der Waals surface area contributed by atoms with Crippen LogP contribution in [0, 0.1) is 22.2 Å². The second kappa shape index (κ2) is 3.76. The van der Waals surface area contributed by atoms with Crippen LogP contribution in [0.1, 0.15) is 59.3 Å². The van der Waals surface area contributed by atoms with E-state index in [0.717, 1.165) is 12.8 Å². The van der Waals surface area contributed by atoms with E-state index in [2.05, 4.69) is 20.8 Å². The molecule has 0 aromatic heterocycles. The molecule has 0 heterocycles. The van der Waals surface area contributed by atoms with Gasteiger partial charge in [0.05, 0.1) is 12.4 Å². The molecule has 4 atom stereocenters. The second-order valence-corrected chi connectivity index (χ2v) is 9.68. The van der Waals surface area contributed by atoms with Crippen molar-refractivity contribution in [2.75, 3.05) is 6.26 Å². The first-order chi connectivity index (χ1) is 8.61. The van der Waals surface area contributed by atoms with Gasteiger partial charge < -0.3 is 0 Å². The highest BCUT2D eigenvalue weighted by atomic mass is 32.2. The van der Waals surface area contributed by atoms with Gasteiger partial charge in [0.2, 0.25) is 0 Å². The third kappa shape index (κ3) is 1.75. The maximum absolute atomic E-state index is 11.7. The Hall–Kier alpha value is -0.0900. The van der Waals surface area contributed by atoms with Gasteiger partial charge in [-0.05, 0) is 48.9 Å². The SMILES string of the molecule is CC1(C)C[C@]2(C)CCC3CCC[C@]32[C@H]1OS(C)(=O)=O. The summed E-state index contributed by atoms with van der Waals surface area (Å²) in [5, 5.41) is 0. The molecule has 3 rings (SSSR count). The fourth-order valence-corrected chi connectivity index (χ4v) is 6.91. The van der Waals surface area contributed by atoms with Crippen molar-refractivity contribution in [1.82, 2.24) is 0 Å². The molecule has 3 aliphatic carbocycles. The molecule has 0 radical (unpaired) electrons. The quantitative estimate of drug-likeness (QED) is 0.731. The lowest BCUT2D eigenvalue weighted by atomic mass is 9.65. The highest BCUT2D eigenvalue weighted by molar-refractivity contribution is 7.86. The Balaban J connectivity index is 2.09. The molecule has 4 heteroatoms. The van der Waals surface area contributed by atoms with Gasteiger partial charge in [0.1, 0.15) is 0 Å². The minimum absolute atomic E-state index is 0.0408. The van der Waals surface area contributed by atoms with Crippen LogP contribution in [-0.2, 0) is 14.3 Å². The minimum atomic E-state index is -3.39. The van der Waals surface area contributed by atoms with Gasteiger partial charge in [-0.25, -0.2) is 0 Å². The van der Waals surface area contributed by atoms with Crippen LogP contribution in [0.5, 0.6) is 0 Å². The van der Waals surface area contributed by atoms with E-state index in [1.807, 2.05) is 0 Å². The summed E-state index contributed by atoms with van der Waals surface area (Å²) in [6, 6.07) is 0. The largest absolute Gasteiger partial charge is 0.266 e. The van der Waals surface area contributed by atoms with E-state index in [0.29, 0.717) is 5.92 Å². The molecule has 19 heavy (non-hydrogen) atoms. The van der Waals surface area contributed by atoms with Crippen molar-refractivity contribution in [2.24, 2.45) is 22.2 Å². The number of rotatable bonds is 2. The Morgan fingerprint density at radius 3 is 2.42 bits per heavy atom. The van der Waals surface area contributed by atoms with Crippen LogP contribution in [0.25, 0.3) is 0 Å². The zero-order valence-electron chi connectivity index (χ0n) is 12.5. The zero-order valence-corrected chi connectivity index (χ0v) is 13.3. The lowest BCUT2D eigenvalue weighted by molar-refractivity contribution is -0.0233. The van der Waals surface area contributed by atoms with Crippen LogP contribution in [0.15, 0.2) is 0 Å². The average molecular weight is 286 g/mol. The molecule has 3 saturated carbocycles. The van der Waals surface area contributed by atoms with E-state index in [9.17, 15) is 8.42 Å². The molecule has 0 amide bonds. The number of hydrogen-bond donors (Lipinski definition) is 0. The van der Waals surface area contributed by atoms with Crippen LogP contribution < -0.4 is 0 Å². The Morgan fingerprint density at radius 2 is 1.79 bits per heavy atom. The summed E-state index contributed by atoms with van der Waals surface area (Å²) < 4.78 is 29.1. The fourth-order valence-electron chi connectivity index (χ4n) is 6.13. The van der Waals surface area contributed by atoms with Gasteiger partial charge in [0.25, 0.3) is 10.1 Å². The molecule has 110 valence electrons. The second-order valence-electron chi connectivity index (χ2n) is 8.07. The normalized spacial score (nSPS) is 48.2. The van der Waals surface area contributed by atoms with Crippen molar-refractivity contribution in [2.45, 2.75) is 65.4 Å². The molecule has 0 aromatic carbocycles. The summed E-state index contributed by atoms with van der Waals surface area (Å²) in [5.74, 6) is 0.672. The van der Waals surface area contributed by atoms with Crippen molar-refractivity contribution in [3.63, 3.8) is 0 Å². The van der Waals surface area contributed by atoms with E-state index in [-0.39, 0.29) is 22.3 Å². The molecule has 0 saturated heterocycles. The van der Waals surface area contributed by atoms with Gasteiger partial charge >= 0.3 is 0 Å². The first-order valence-electron chi connectivity index (χ1n) is 7.49. The van der Waals surface area contributed by atoms with Crippen molar-refractivity contribution in [3.05, 3.63) is 0 Å². The lowest BCUT2D eigenvalue weighted by Gasteiger charge is -2.43. The van der Waals surface area contributed by atoms with Crippen LogP contribution in [-0.4, -0.2) is 20.8 Å². The van der Waals surface area contributed by atoms with E-state index < -0.39 is 10.1 Å². The van der Waals surface area contributed by atoms with E-state index in [1.165, 1.54) is 31.9 Å². The smallest absolute Gasteiger partial charge is 0.264 e. The minimum Gasteiger partial charge on any atom is -0.266 e. The molecule has 3 fully saturated rings. The van der Waals surface area contributed by atoms with E-state index in [1.54, 1.807) is 0 Å². The monoisotopic (exact) mass is 286 g/mol. The van der Waals surface area contributed by atoms with Crippen LogP contribution >= 0.6 is 0 Å². The number of hydrogen-bond acceptors (Lipinski definition) is 3. The highest BCUT2D eigenvalue weighted by Gasteiger charge is 2.71. The summed E-state index contributed by atoms with van der Waals surface area (Å²) in [6.45, 7) is 6.76. The molecule has 1 unspecified atom stereocenters. The summed E-state index contributed by atoms with van der Waals surface area (Å²) in [6.07, 6.45) is 8.31. The van der Waals surface area contributed by atoms with Gasteiger partial charge in [-0.1, -0.05) is 27.2 Å². The first-order valence-corrected chi connectivity index (χ1v) is 9.31.